The van der Waals surface area contributed by atoms with Gasteiger partial charge in [-0.15, -0.1) is 11.8 Å². The van der Waals surface area contributed by atoms with Crippen molar-refractivity contribution in [3.63, 3.8) is 0 Å². The van der Waals surface area contributed by atoms with E-state index in [4.69, 9.17) is 11.6 Å². The third-order valence-corrected chi connectivity index (χ3v) is 3.32. The van der Waals surface area contributed by atoms with E-state index in [2.05, 4.69) is 22.4 Å². The molecule has 20 heavy (non-hydrogen) atoms. The van der Waals surface area contributed by atoms with Gasteiger partial charge in [-0.2, -0.15) is 5.10 Å². The smallest absolute Gasteiger partial charge is 0.244 e. The Labute approximate surface area is 122 Å². The molecule has 1 amide bonds. The molecule has 4 nitrogen and oxygen atoms in total. The van der Waals surface area contributed by atoms with Crippen LogP contribution in [-0.2, 0) is 4.79 Å². The highest BCUT2D eigenvalue weighted by Gasteiger charge is 2.25. The Bertz CT molecular complexity index is 641. The summed E-state index contributed by atoms with van der Waals surface area (Å²) in [6.07, 6.45) is 1.68. The number of nitrogens with one attached hydrogen (secondary N) is 1. The number of halogens is 1. The summed E-state index contributed by atoms with van der Waals surface area (Å²) in [6.45, 7) is 1.74. The maximum absolute atomic E-state index is 11.7. The number of amides is 1. The molecule has 0 radical (unpaired) electrons. The molecule has 1 aliphatic rings. The second-order valence-corrected chi connectivity index (χ2v) is 4.85. The average molecular weight is 289 g/mol. The van der Waals surface area contributed by atoms with E-state index in [1.165, 1.54) is 0 Å². The van der Waals surface area contributed by atoms with Gasteiger partial charge in [0.25, 0.3) is 0 Å². The van der Waals surface area contributed by atoms with Crippen LogP contribution in [0.5, 0.6) is 0 Å². The lowest BCUT2D eigenvalue weighted by Gasteiger charge is -2.20. The number of nitrogens with zero attached hydrogens (tertiary/aromatic N) is 1. The zero-order chi connectivity index (χ0) is 14.5. The van der Waals surface area contributed by atoms with Crippen LogP contribution < -0.4 is 5.43 Å². The first-order valence-electron chi connectivity index (χ1n) is 6.17. The minimum atomic E-state index is -0.245. The molecule has 1 unspecified atom stereocenters. The summed E-state index contributed by atoms with van der Waals surface area (Å²) in [5, 5.41) is 4.53. The number of benzene rings is 1. The fourth-order valence-corrected chi connectivity index (χ4v) is 2.22. The van der Waals surface area contributed by atoms with Crippen LogP contribution in [0.3, 0.4) is 0 Å². The minimum absolute atomic E-state index is 0.141. The Kier molecular flexibility index (Phi) is 4.54. The molecule has 0 aliphatic carbocycles. The van der Waals surface area contributed by atoms with Crippen molar-refractivity contribution in [2.75, 3.05) is 0 Å². The minimum Gasteiger partial charge on any atom is -0.298 e. The number of carbonyl (C=O) groups excluding carboxylic acids is 2. The molecule has 1 N–H and O–H groups in total. The Morgan fingerprint density at radius 1 is 1.55 bits per heavy atom. The van der Waals surface area contributed by atoms with Gasteiger partial charge in [-0.25, -0.2) is 5.43 Å². The van der Waals surface area contributed by atoms with E-state index in [9.17, 15) is 9.59 Å². The number of aldehydes is 1. The molecule has 1 aromatic rings. The van der Waals surface area contributed by atoms with E-state index < -0.39 is 0 Å². The molecule has 102 valence electrons. The van der Waals surface area contributed by atoms with Crippen molar-refractivity contribution in [1.82, 2.24) is 5.43 Å². The number of hydrogen-bond donors (Lipinski definition) is 1. The Balaban J connectivity index is 2.31. The van der Waals surface area contributed by atoms with Crippen LogP contribution in [0.15, 0.2) is 23.3 Å². The summed E-state index contributed by atoms with van der Waals surface area (Å²) < 4.78 is 0. The van der Waals surface area contributed by atoms with Crippen molar-refractivity contribution in [3.05, 3.63) is 34.3 Å². The van der Waals surface area contributed by atoms with Gasteiger partial charge in [0.15, 0.2) is 6.29 Å². The average Bonchev–Trinajstić information content (AvgIpc) is 2.46. The predicted molar refractivity (Wildman–Crippen MR) is 77.7 cm³/mol. The van der Waals surface area contributed by atoms with Gasteiger partial charge in [0.1, 0.15) is 0 Å². The molecule has 1 atom stereocenters. The molecule has 2 rings (SSSR count). The zero-order valence-electron chi connectivity index (χ0n) is 10.9. The van der Waals surface area contributed by atoms with Crippen molar-refractivity contribution in [2.45, 2.75) is 19.8 Å². The first kappa shape index (κ1) is 14.3. The third kappa shape index (κ3) is 3.06. The van der Waals surface area contributed by atoms with Gasteiger partial charge in [0.2, 0.25) is 5.91 Å². The second kappa shape index (κ2) is 6.36. The Hall–Kier alpha value is -2.12. The fraction of sp³-hybridized carbons (Fsp3) is 0.267. The fourth-order valence-electron chi connectivity index (χ4n) is 2.04. The second-order valence-electron chi connectivity index (χ2n) is 4.42. The van der Waals surface area contributed by atoms with Crippen LogP contribution in [0.25, 0.3) is 0 Å². The highest BCUT2D eigenvalue weighted by molar-refractivity contribution is 6.31. The predicted octanol–water partition coefficient (Wildman–Crippen LogP) is 2.41. The maximum atomic E-state index is 11.7. The molecular weight excluding hydrogens is 276 g/mol. The largest absolute Gasteiger partial charge is 0.298 e. The van der Waals surface area contributed by atoms with Crippen LogP contribution in [0.4, 0.5) is 0 Å². The molecule has 0 fully saturated rings. The number of carbonyl (C=O) groups is 2. The van der Waals surface area contributed by atoms with E-state index in [1.54, 1.807) is 25.1 Å². The van der Waals surface area contributed by atoms with Gasteiger partial charge in [-0.05, 0) is 19.1 Å². The van der Waals surface area contributed by atoms with Crippen LogP contribution in [0.1, 0.15) is 35.7 Å². The van der Waals surface area contributed by atoms with Crippen LogP contribution in [-0.4, -0.2) is 17.9 Å². The first-order valence-corrected chi connectivity index (χ1v) is 6.54. The standard InChI is InChI=1S/C15H13ClN2O2/c1-2-3-4-10-8-14(17-18-15(10)20)13-6-5-12(16)7-11(13)9-19/h5-7,9-10H,4,8H2,1H3,(H,18,20). The molecule has 1 aliphatic heterocycles. The van der Waals surface area contributed by atoms with Crippen molar-refractivity contribution in [2.24, 2.45) is 11.0 Å². The van der Waals surface area contributed by atoms with Crippen LogP contribution in [0.2, 0.25) is 5.02 Å². The third-order valence-electron chi connectivity index (χ3n) is 3.09. The monoisotopic (exact) mass is 288 g/mol. The summed E-state index contributed by atoms with van der Waals surface area (Å²) in [4.78, 5) is 22.8. The van der Waals surface area contributed by atoms with Gasteiger partial charge >= 0.3 is 0 Å². The van der Waals surface area contributed by atoms with Gasteiger partial charge in [0, 0.05) is 29.0 Å². The lowest BCUT2D eigenvalue weighted by atomic mass is 9.91. The van der Waals surface area contributed by atoms with Gasteiger partial charge < -0.3 is 0 Å². The highest BCUT2D eigenvalue weighted by Crippen LogP contribution is 2.22. The van der Waals surface area contributed by atoms with Crippen LogP contribution >= 0.6 is 11.6 Å². The maximum Gasteiger partial charge on any atom is 0.244 e. The molecule has 1 aromatic carbocycles. The van der Waals surface area contributed by atoms with Gasteiger partial charge in [0.05, 0.1) is 11.6 Å². The van der Waals surface area contributed by atoms with E-state index in [1.807, 2.05) is 0 Å². The molecule has 0 aromatic heterocycles. The van der Waals surface area contributed by atoms with Crippen molar-refractivity contribution in [1.29, 1.82) is 0 Å². The van der Waals surface area contributed by atoms with E-state index in [-0.39, 0.29) is 11.8 Å². The molecule has 0 spiro atoms. The lowest BCUT2D eigenvalue weighted by Crippen LogP contribution is -2.35. The Morgan fingerprint density at radius 2 is 2.35 bits per heavy atom. The van der Waals surface area contributed by atoms with Gasteiger partial charge in [-0.3, -0.25) is 9.59 Å². The molecular formula is C15H13ClN2O2. The number of hydrazone groups is 1. The van der Waals surface area contributed by atoms with Crippen molar-refractivity contribution >= 4 is 29.5 Å². The molecule has 0 bridgehead atoms. The van der Waals surface area contributed by atoms with E-state index in [0.29, 0.717) is 34.7 Å². The topological polar surface area (TPSA) is 58.5 Å². The van der Waals surface area contributed by atoms with Crippen molar-refractivity contribution in [3.8, 4) is 11.8 Å². The summed E-state index contributed by atoms with van der Waals surface area (Å²) in [5.74, 6) is 5.29. The Morgan fingerprint density at radius 3 is 3.05 bits per heavy atom. The van der Waals surface area contributed by atoms with Crippen LogP contribution in [0, 0.1) is 17.8 Å². The summed E-state index contributed by atoms with van der Waals surface area (Å²) >= 11 is 5.87. The lowest BCUT2D eigenvalue weighted by molar-refractivity contribution is -0.125. The summed E-state index contributed by atoms with van der Waals surface area (Å²) in [5.41, 5.74) is 4.32. The van der Waals surface area contributed by atoms with E-state index in [0.717, 1.165) is 6.29 Å². The molecule has 5 heteroatoms. The van der Waals surface area contributed by atoms with E-state index >= 15 is 0 Å². The highest BCUT2D eigenvalue weighted by atomic mass is 35.5. The summed E-state index contributed by atoms with van der Waals surface area (Å²) in [7, 11) is 0. The number of rotatable bonds is 3. The van der Waals surface area contributed by atoms with Crippen molar-refractivity contribution < 1.29 is 9.59 Å². The number of hydrogen-bond acceptors (Lipinski definition) is 3. The molecule has 0 saturated heterocycles. The quantitative estimate of drug-likeness (QED) is 0.686. The zero-order valence-corrected chi connectivity index (χ0v) is 11.7. The molecule has 1 heterocycles. The molecule has 0 saturated carbocycles. The van der Waals surface area contributed by atoms with Gasteiger partial charge in [-0.1, -0.05) is 17.7 Å². The SMILES string of the molecule is CC#CCC1CC(c2ccc(Cl)cc2C=O)=NNC1=O. The first-order chi connectivity index (χ1) is 9.65. The normalized spacial score (nSPS) is 17.6. The summed E-state index contributed by atoms with van der Waals surface area (Å²) in [6, 6.07) is 5.03.